The fourth-order valence-electron chi connectivity index (χ4n) is 2.16. The van der Waals surface area contributed by atoms with Gasteiger partial charge in [0, 0.05) is 6.54 Å². The number of rotatable bonds is 4. The van der Waals surface area contributed by atoms with Crippen molar-refractivity contribution < 1.29 is 9.31 Å². The normalized spacial score (nSPS) is 19.5. The third-order valence-electron chi connectivity index (χ3n) is 3.14. The van der Waals surface area contributed by atoms with Gasteiger partial charge in [-0.1, -0.05) is 0 Å². The van der Waals surface area contributed by atoms with E-state index in [1.54, 1.807) is 0 Å². The van der Waals surface area contributed by atoms with Gasteiger partial charge < -0.3 is 10.6 Å². The number of nitrogens with zero attached hydrogens (tertiary/aromatic N) is 1. The topological polar surface area (TPSA) is 67.2 Å². The Hall–Kier alpha value is -1.69. The quantitative estimate of drug-likeness (QED) is 0.637. The van der Waals surface area contributed by atoms with Gasteiger partial charge in [0.05, 0.1) is 11.0 Å². The third kappa shape index (κ3) is 3.16. The van der Waals surface area contributed by atoms with Gasteiger partial charge in [0.1, 0.15) is 11.5 Å². The van der Waals surface area contributed by atoms with Crippen LogP contribution in [0.2, 0.25) is 0 Å². The van der Waals surface area contributed by atoms with Gasteiger partial charge in [0.15, 0.2) is 0 Å². The highest BCUT2D eigenvalue weighted by Gasteiger charge is 2.17. The average molecular weight is 253 g/mol. The number of hydrogen-bond acceptors (Lipinski definition) is 4. The maximum atomic E-state index is 13.0. The predicted molar refractivity (Wildman–Crippen MR) is 67.1 cm³/mol. The summed E-state index contributed by atoms with van der Waals surface area (Å²) in [6.07, 6.45) is 2.23. The zero-order valence-electron chi connectivity index (χ0n) is 9.99. The lowest BCUT2D eigenvalue weighted by molar-refractivity contribution is -0.384. The fourth-order valence-corrected chi connectivity index (χ4v) is 2.16. The molecule has 1 aliphatic heterocycles. The maximum absolute atomic E-state index is 13.0. The van der Waals surface area contributed by atoms with Crippen molar-refractivity contribution in [2.75, 3.05) is 25.0 Å². The van der Waals surface area contributed by atoms with Gasteiger partial charge >= 0.3 is 0 Å². The van der Waals surface area contributed by atoms with Gasteiger partial charge in [0.2, 0.25) is 0 Å². The molecule has 6 heteroatoms. The Morgan fingerprint density at radius 2 is 2.39 bits per heavy atom. The Balaban J connectivity index is 2.01. The lowest BCUT2D eigenvalue weighted by Crippen LogP contribution is -2.33. The van der Waals surface area contributed by atoms with Crippen LogP contribution in [0, 0.1) is 21.8 Å². The van der Waals surface area contributed by atoms with Crippen LogP contribution in [-0.2, 0) is 0 Å². The van der Waals surface area contributed by atoms with Crippen molar-refractivity contribution in [3.63, 3.8) is 0 Å². The Bertz CT molecular complexity index is 433. The Kier molecular flexibility index (Phi) is 4.09. The second-order valence-corrected chi connectivity index (χ2v) is 4.51. The SMILES string of the molecule is O=[N+]([O-])c1cc(F)ccc1NCC1CCCNC1. The number of benzene rings is 1. The largest absolute Gasteiger partial charge is 0.379 e. The summed E-state index contributed by atoms with van der Waals surface area (Å²) in [4.78, 5) is 10.2. The molecule has 0 amide bonds. The van der Waals surface area contributed by atoms with Crippen molar-refractivity contribution in [2.24, 2.45) is 5.92 Å². The number of hydrogen-bond donors (Lipinski definition) is 2. The van der Waals surface area contributed by atoms with E-state index in [-0.39, 0.29) is 5.69 Å². The Morgan fingerprint density at radius 1 is 1.56 bits per heavy atom. The van der Waals surface area contributed by atoms with Crippen molar-refractivity contribution in [3.05, 3.63) is 34.1 Å². The third-order valence-corrected chi connectivity index (χ3v) is 3.14. The van der Waals surface area contributed by atoms with E-state index in [0.717, 1.165) is 32.0 Å². The zero-order chi connectivity index (χ0) is 13.0. The molecular weight excluding hydrogens is 237 g/mol. The Labute approximate surface area is 105 Å². The molecule has 1 aliphatic rings. The molecule has 0 aromatic heterocycles. The van der Waals surface area contributed by atoms with Crippen LogP contribution in [0.4, 0.5) is 15.8 Å². The minimum absolute atomic E-state index is 0.209. The second-order valence-electron chi connectivity index (χ2n) is 4.51. The van der Waals surface area contributed by atoms with E-state index in [1.807, 2.05) is 0 Å². The molecule has 1 atom stereocenters. The molecule has 18 heavy (non-hydrogen) atoms. The van der Waals surface area contributed by atoms with E-state index in [4.69, 9.17) is 0 Å². The summed E-state index contributed by atoms with van der Waals surface area (Å²) in [5.41, 5.74) is 0.172. The maximum Gasteiger partial charge on any atom is 0.295 e. The molecule has 5 nitrogen and oxygen atoms in total. The summed E-state index contributed by atoms with van der Waals surface area (Å²) in [5.74, 6) is -0.130. The molecule has 98 valence electrons. The fraction of sp³-hybridized carbons (Fsp3) is 0.500. The molecule has 0 radical (unpaired) electrons. The van der Waals surface area contributed by atoms with Crippen LogP contribution in [-0.4, -0.2) is 24.6 Å². The molecule has 2 N–H and O–H groups in total. The van der Waals surface area contributed by atoms with Crippen molar-refractivity contribution in [1.29, 1.82) is 0 Å². The lowest BCUT2D eigenvalue weighted by atomic mass is 9.99. The zero-order valence-corrected chi connectivity index (χ0v) is 9.99. The first-order valence-corrected chi connectivity index (χ1v) is 6.05. The summed E-state index contributed by atoms with van der Waals surface area (Å²) in [5, 5.41) is 17.1. The monoisotopic (exact) mass is 253 g/mol. The van der Waals surface area contributed by atoms with E-state index in [2.05, 4.69) is 10.6 Å². The van der Waals surface area contributed by atoms with E-state index >= 15 is 0 Å². The van der Waals surface area contributed by atoms with Gasteiger partial charge in [-0.15, -0.1) is 0 Å². The molecule has 0 saturated carbocycles. The van der Waals surface area contributed by atoms with Crippen LogP contribution >= 0.6 is 0 Å². The van der Waals surface area contributed by atoms with Gasteiger partial charge in [-0.05, 0) is 44.0 Å². The molecule has 1 aromatic rings. The van der Waals surface area contributed by atoms with E-state index in [0.29, 0.717) is 18.2 Å². The summed E-state index contributed by atoms with van der Waals surface area (Å²) in [7, 11) is 0. The molecule has 1 heterocycles. The number of nitro benzene ring substituents is 1. The summed E-state index contributed by atoms with van der Waals surface area (Å²) in [6.45, 7) is 2.62. The highest BCUT2D eigenvalue weighted by molar-refractivity contribution is 5.61. The van der Waals surface area contributed by atoms with Gasteiger partial charge in [-0.3, -0.25) is 10.1 Å². The highest BCUT2D eigenvalue weighted by Crippen LogP contribution is 2.25. The van der Waals surface area contributed by atoms with Crippen LogP contribution in [0.5, 0.6) is 0 Å². The minimum atomic E-state index is -0.591. The van der Waals surface area contributed by atoms with E-state index < -0.39 is 10.7 Å². The number of nitro groups is 1. The molecular formula is C12H16FN3O2. The summed E-state index contributed by atoms with van der Waals surface area (Å²) in [6, 6.07) is 3.60. The molecule has 2 rings (SSSR count). The highest BCUT2D eigenvalue weighted by atomic mass is 19.1. The van der Waals surface area contributed by atoms with Crippen LogP contribution in [0.1, 0.15) is 12.8 Å². The standard InChI is InChI=1S/C12H16FN3O2/c13-10-3-4-11(12(6-10)16(17)18)15-8-9-2-1-5-14-7-9/h3-4,6,9,14-15H,1-2,5,7-8H2. The van der Waals surface area contributed by atoms with Crippen LogP contribution in [0.15, 0.2) is 18.2 Å². The van der Waals surface area contributed by atoms with Crippen LogP contribution < -0.4 is 10.6 Å². The lowest BCUT2D eigenvalue weighted by Gasteiger charge is -2.23. The molecule has 1 saturated heterocycles. The van der Waals surface area contributed by atoms with Gasteiger partial charge in [-0.25, -0.2) is 4.39 Å². The molecule has 1 fully saturated rings. The Morgan fingerprint density at radius 3 is 3.06 bits per heavy atom. The van der Waals surface area contributed by atoms with Crippen LogP contribution in [0.25, 0.3) is 0 Å². The average Bonchev–Trinajstić information content (AvgIpc) is 2.38. The minimum Gasteiger partial charge on any atom is -0.379 e. The smallest absolute Gasteiger partial charge is 0.295 e. The molecule has 0 spiro atoms. The van der Waals surface area contributed by atoms with Gasteiger partial charge in [0.25, 0.3) is 5.69 Å². The van der Waals surface area contributed by atoms with Crippen molar-refractivity contribution in [1.82, 2.24) is 5.32 Å². The summed E-state index contributed by atoms with van der Waals surface area (Å²) >= 11 is 0. The first-order valence-electron chi connectivity index (χ1n) is 6.05. The van der Waals surface area contributed by atoms with E-state index in [9.17, 15) is 14.5 Å². The molecule has 1 aromatic carbocycles. The number of nitrogens with one attached hydrogen (secondary N) is 2. The first-order chi connectivity index (χ1) is 8.66. The molecule has 0 bridgehead atoms. The molecule has 0 aliphatic carbocycles. The number of piperidine rings is 1. The van der Waals surface area contributed by atoms with Crippen molar-refractivity contribution in [3.8, 4) is 0 Å². The second kappa shape index (κ2) is 5.77. The predicted octanol–water partition coefficient (Wildman–Crippen LogP) is 2.15. The molecule has 1 unspecified atom stereocenters. The summed E-state index contributed by atoms with van der Waals surface area (Å²) < 4.78 is 13.0. The number of halogens is 1. The van der Waals surface area contributed by atoms with Crippen LogP contribution in [0.3, 0.4) is 0 Å². The number of anilines is 1. The van der Waals surface area contributed by atoms with Crippen molar-refractivity contribution >= 4 is 11.4 Å². The first kappa shape index (κ1) is 12.8. The van der Waals surface area contributed by atoms with Gasteiger partial charge in [-0.2, -0.15) is 0 Å². The van der Waals surface area contributed by atoms with Crippen molar-refractivity contribution in [2.45, 2.75) is 12.8 Å². The van der Waals surface area contributed by atoms with E-state index in [1.165, 1.54) is 12.1 Å².